The third-order valence-corrected chi connectivity index (χ3v) is 4.08. The van der Waals surface area contributed by atoms with Gasteiger partial charge in [0.05, 0.1) is 16.4 Å². The van der Waals surface area contributed by atoms with E-state index in [4.69, 9.17) is 27.9 Å². The second kappa shape index (κ2) is 6.22. The molecule has 0 aliphatic heterocycles. The lowest BCUT2D eigenvalue weighted by molar-refractivity contribution is 0.461. The zero-order chi connectivity index (χ0) is 14.8. The molecule has 2 aromatic carbocycles. The molecule has 5 heteroatoms. The first kappa shape index (κ1) is 14.6. The molecule has 1 aromatic heterocycles. The predicted molar refractivity (Wildman–Crippen MR) is 90.5 cm³/mol. The number of hydrogen-bond acceptors (Lipinski definition) is 2. The Morgan fingerprint density at radius 3 is 2.67 bits per heavy atom. The van der Waals surface area contributed by atoms with E-state index in [1.165, 1.54) is 0 Å². The van der Waals surface area contributed by atoms with Gasteiger partial charge in [-0.2, -0.15) is 0 Å². The predicted octanol–water partition coefficient (Wildman–Crippen LogP) is 6.18. The zero-order valence-corrected chi connectivity index (χ0v) is 13.9. The largest absolute Gasteiger partial charge is 0.437 e. The van der Waals surface area contributed by atoms with Gasteiger partial charge in [-0.25, -0.2) is 4.98 Å². The van der Waals surface area contributed by atoms with Crippen molar-refractivity contribution in [3.63, 3.8) is 0 Å². The second-order valence-corrected chi connectivity index (χ2v) is 6.05. The van der Waals surface area contributed by atoms with Crippen LogP contribution in [0.4, 0.5) is 0 Å². The molecule has 0 amide bonds. The summed E-state index contributed by atoms with van der Waals surface area (Å²) in [7, 11) is 0. The third-order valence-electron chi connectivity index (χ3n) is 3.01. The van der Waals surface area contributed by atoms with Crippen LogP contribution in [0.5, 0.6) is 11.6 Å². The minimum Gasteiger partial charge on any atom is -0.437 e. The Labute approximate surface area is 140 Å². The maximum absolute atomic E-state index is 6.18. The van der Waals surface area contributed by atoms with Crippen molar-refractivity contribution in [2.75, 3.05) is 0 Å². The van der Waals surface area contributed by atoms with E-state index in [-0.39, 0.29) is 0 Å². The highest BCUT2D eigenvalue weighted by Gasteiger charge is 2.11. The Kier molecular flexibility index (Phi) is 4.34. The van der Waals surface area contributed by atoms with Crippen LogP contribution in [0.25, 0.3) is 10.9 Å². The van der Waals surface area contributed by atoms with Crippen LogP contribution >= 0.6 is 39.1 Å². The fraction of sp³-hybridized carbons (Fsp3) is 0.0625. The van der Waals surface area contributed by atoms with Crippen molar-refractivity contribution in [3.8, 4) is 11.6 Å². The number of ether oxygens (including phenoxy) is 1. The molecule has 0 N–H and O–H groups in total. The Hall–Kier alpha value is -1.29. The summed E-state index contributed by atoms with van der Waals surface area (Å²) in [4.78, 5) is 4.53. The standard InChI is InChI=1S/C16H10BrCl2NO/c17-12-5-6-15(13(19)8-12)21-16-11(9-18)7-10-3-1-2-4-14(10)20-16/h1-8H,9H2. The van der Waals surface area contributed by atoms with E-state index < -0.39 is 0 Å². The molecule has 0 spiro atoms. The SMILES string of the molecule is ClCc1cc2ccccc2nc1Oc1ccc(Br)cc1Cl. The fourth-order valence-electron chi connectivity index (χ4n) is 1.99. The van der Waals surface area contributed by atoms with Crippen molar-refractivity contribution in [1.82, 2.24) is 4.98 Å². The maximum atomic E-state index is 6.18. The van der Waals surface area contributed by atoms with Gasteiger partial charge in [0.25, 0.3) is 0 Å². The van der Waals surface area contributed by atoms with Crippen LogP contribution in [0.2, 0.25) is 5.02 Å². The molecule has 106 valence electrons. The highest BCUT2D eigenvalue weighted by Crippen LogP contribution is 2.33. The Bertz CT molecular complexity index is 807. The molecule has 0 aliphatic rings. The molecule has 0 bridgehead atoms. The number of hydrogen-bond donors (Lipinski definition) is 0. The third kappa shape index (κ3) is 3.15. The average Bonchev–Trinajstić information content (AvgIpc) is 2.49. The molecule has 0 radical (unpaired) electrons. The van der Waals surface area contributed by atoms with Gasteiger partial charge in [-0.05, 0) is 30.3 Å². The van der Waals surface area contributed by atoms with Crippen LogP contribution in [-0.2, 0) is 5.88 Å². The van der Waals surface area contributed by atoms with Gasteiger partial charge < -0.3 is 4.74 Å². The van der Waals surface area contributed by atoms with Crippen molar-refractivity contribution in [3.05, 3.63) is 63.6 Å². The fourth-order valence-corrected chi connectivity index (χ4v) is 2.89. The number of rotatable bonds is 3. The summed E-state index contributed by atoms with van der Waals surface area (Å²) >= 11 is 15.5. The first-order chi connectivity index (χ1) is 10.2. The molecule has 0 fully saturated rings. The van der Waals surface area contributed by atoms with Gasteiger partial charge in [-0.15, -0.1) is 11.6 Å². The summed E-state index contributed by atoms with van der Waals surface area (Å²) in [5.41, 5.74) is 1.68. The molecule has 0 saturated heterocycles. The molecule has 1 heterocycles. The van der Waals surface area contributed by atoms with E-state index in [0.717, 1.165) is 20.9 Å². The second-order valence-electron chi connectivity index (χ2n) is 4.46. The summed E-state index contributed by atoms with van der Waals surface area (Å²) in [5.74, 6) is 1.35. The van der Waals surface area contributed by atoms with Crippen molar-refractivity contribution in [1.29, 1.82) is 0 Å². The number of aromatic nitrogens is 1. The van der Waals surface area contributed by atoms with Crippen LogP contribution in [0.15, 0.2) is 53.0 Å². The number of fused-ring (bicyclic) bond motifs is 1. The summed E-state index contributed by atoms with van der Waals surface area (Å²) in [6.45, 7) is 0. The monoisotopic (exact) mass is 381 g/mol. The summed E-state index contributed by atoms with van der Waals surface area (Å²) in [5, 5.41) is 1.54. The minimum absolute atomic E-state index is 0.321. The van der Waals surface area contributed by atoms with Gasteiger partial charge >= 0.3 is 0 Å². The number of alkyl halides is 1. The Balaban J connectivity index is 2.06. The van der Waals surface area contributed by atoms with E-state index in [1.54, 1.807) is 12.1 Å². The van der Waals surface area contributed by atoms with Crippen LogP contribution in [-0.4, -0.2) is 4.98 Å². The van der Waals surface area contributed by atoms with Crippen LogP contribution < -0.4 is 4.74 Å². The lowest BCUT2D eigenvalue weighted by Gasteiger charge is -2.11. The smallest absolute Gasteiger partial charge is 0.224 e. The first-order valence-electron chi connectivity index (χ1n) is 6.25. The highest BCUT2D eigenvalue weighted by molar-refractivity contribution is 9.10. The van der Waals surface area contributed by atoms with E-state index in [9.17, 15) is 0 Å². The van der Waals surface area contributed by atoms with Gasteiger partial charge in [0.1, 0.15) is 5.75 Å². The van der Waals surface area contributed by atoms with Crippen LogP contribution in [0, 0.1) is 0 Å². The summed E-state index contributed by atoms with van der Waals surface area (Å²) in [6, 6.07) is 15.2. The van der Waals surface area contributed by atoms with E-state index in [2.05, 4.69) is 20.9 Å². The van der Waals surface area contributed by atoms with Gasteiger partial charge in [0.15, 0.2) is 0 Å². The molecule has 0 unspecified atom stereocenters. The van der Waals surface area contributed by atoms with E-state index >= 15 is 0 Å². The normalized spacial score (nSPS) is 10.8. The average molecular weight is 383 g/mol. The molecule has 2 nitrogen and oxygen atoms in total. The van der Waals surface area contributed by atoms with Gasteiger partial charge in [0, 0.05) is 15.4 Å². The maximum Gasteiger partial charge on any atom is 0.224 e. The van der Waals surface area contributed by atoms with Gasteiger partial charge in [0.2, 0.25) is 5.88 Å². The molecule has 21 heavy (non-hydrogen) atoms. The minimum atomic E-state index is 0.321. The number of benzene rings is 2. The molecule has 3 aromatic rings. The molecule has 3 rings (SSSR count). The Morgan fingerprint density at radius 2 is 1.90 bits per heavy atom. The quantitative estimate of drug-likeness (QED) is 0.504. The topological polar surface area (TPSA) is 22.1 Å². The highest BCUT2D eigenvalue weighted by atomic mass is 79.9. The number of nitrogens with zero attached hydrogens (tertiary/aromatic N) is 1. The number of para-hydroxylation sites is 1. The van der Waals surface area contributed by atoms with Gasteiger partial charge in [-0.1, -0.05) is 45.7 Å². The molecule has 0 aliphatic carbocycles. The number of halogens is 3. The van der Waals surface area contributed by atoms with Crippen molar-refractivity contribution in [2.24, 2.45) is 0 Å². The van der Waals surface area contributed by atoms with E-state index in [1.807, 2.05) is 36.4 Å². The first-order valence-corrected chi connectivity index (χ1v) is 7.95. The number of pyridine rings is 1. The lowest BCUT2D eigenvalue weighted by Crippen LogP contribution is -1.95. The van der Waals surface area contributed by atoms with Crippen molar-refractivity contribution < 1.29 is 4.74 Å². The molecule has 0 atom stereocenters. The zero-order valence-electron chi connectivity index (χ0n) is 10.8. The van der Waals surface area contributed by atoms with Crippen molar-refractivity contribution in [2.45, 2.75) is 5.88 Å². The summed E-state index contributed by atoms with van der Waals surface area (Å²) < 4.78 is 6.74. The van der Waals surface area contributed by atoms with Crippen molar-refractivity contribution >= 4 is 50.0 Å². The van der Waals surface area contributed by atoms with E-state index in [0.29, 0.717) is 22.5 Å². The molecular formula is C16H10BrCl2NO. The summed E-state index contributed by atoms with van der Waals surface area (Å²) in [6.07, 6.45) is 0. The van der Waals surface area contributed by atoms with Crippen LogP contribution in [0.3, 0.4) is 0 Å². The molecular weight excluding hydrogens is 373 g/mol. The molecule has 0 saturated carbocycles. The lowest BCUT2D eigenvalue weighted by atomic mass is 10.2. The van der Waals surface area contributed by atoms with Crippen LogP contribution in [0.1, 0.15) is 5.56 Å². The van der Waals surface area contributed by atoms with Gasteiger partial charge in [-0.3, -0.25) is 0 Å². The Morgan fingerprint density at radius 1 is 1.10 bits per heavy atom.